The average molecular weight is 366 g/mol. The Morgan fingerprint density at radius 1 is 1.04 bits per heavy atom. The van der Waals surface area contributed by atoms with E-state index in [0.29, 0.717) is 5.25 Å². The minimum Gasteiger partial charge on any atom is -0.339 e. The largest absolute Gasteiger partial charge is 0.339 e. The van der Waals surface area contributed by atoms with Gasteiger partial charge in [-0.05, 0) is 51.0 Å². The zero-order valence-electron chi connectivity index (χ0n) is 15.2. The second-order valence-corrected chi connectivity index (χ2v) is 8.36. The fourth-order valence-electron chi connectivity index (χ4n) is 3.41. The van der Waals surface area contributed by atoms with E-state index < -0.39 is 0 Å². The van der Waals surface area contributed by atoms with Crippen LogP contribution in [0.4, 0.5) is 0 Å². The van der Waals surface area contributed by atoms with Gasteiger partial charge in [0.2, 0.25) is 0 Å². The number of carbonyl (C=O) groups excluding carboxylic acids is 1. The number of rotatable bonds is 3. The van der Waals surface area contributed by atoms with Crippen molar-refractivity contribution in [3.8, 4) is 0 Å². The van der Waals surface area contributed by atoms with Gasteiger partial charge in [-0.2, -0.15) is 0 Å². The van der Waals surface area contributed by atoms with Crippen LogP contribution in [-0.2, 0) is 0 Å². The highest BCUT2D eigenvalue weighted by Crippen LogP contribution is 2.30. The van der Waals surface area contributed by atoms with Crippen LogP contribution in [-0.4, -0.2) is 38.5 Å². The Labute approximate surface area is 158 Å². The molecule has 3 aromatic rings. The highest BCUT2D eigenvalue weighted by Gasteiger charge is 2.24. The van der Waals surface area contributed by atoms with Crippen molar-refractivity contribution in [3.63, 3.8) is 0 Å². The lowest BCUT2D eigenvalue weighted by atomic mass is 10.1. The number of nitrogens with zero attached hydrogens (tertiary/aromatic N) is 3. The van der Waals surface area contributed by atoms with Crippen LogP contribution < -0.4 is 0 Å². The average Bonchev–Trinajstić information content (AvgIpc) is 3.03. The summed E-state index contributed by atoms with van der Waals surface area (Å²) in [6.45, 7) is 5.72. The van der Waals surface area contributed by atoms with Gasteiger partial charge in [-0.25, -0.2) is 4.98 Å². The molecular formula is C21H23N3OS. The number of aryl methyl sites for hydroxylation is 2. The summed E-state index contributed by atoms with van der Waals surface area (Å²) in [5.74, 6) is 0.122. The molecule has 2 aromatic heterocycles. The molecule has 3 heterocycles. The lowest BCUT2D eigenvalue weighted by Crippen LogP contribution is -2.39. The first-order chi connectivity index (χ1) is 12.6. The smallest absolute Gasteiger partial charge is 0.255 e. The molecule has 5 heteroatoms. The van der Waals surface area contributed by atoms with Crippen LogP contribution in [0.15, 0.2) is 53.7 Å². The van der Waals surface area contributed by atoms with E-state index in [2.05, 4.69) is 36.2 Å². The number of aromatic nitrogens is 2. The summed E-state index contributed by atoms with van der Waals surface area (Å²) < 4.78 is 1.93. The highest BCUT2D eigenvalue weighted by atomic mass is 32.2. The number of amides is 1. The third kappa shape index (κ3) is 3.63. The lowest BCUT2D eigenvalue weighted by Gasteiger charge is -2.31. The molecule has 134 valence electrons. The molecule has 1 aromatic carbocycles. The molecule has 1 fully saturated rings. The number of likely N-dealkylation sites (tertiary alicyclic amines) is 1. The van der Waals surface area contributed by atoms with E-state index in [0.717, 1.165) is 42.8 Å². The maximum Gasteiger partial charge on any atom is 0.255 e. The number of pyridine rings is 1. The lowest BCUT2D eigenvalue weighted by molar-refractivity contribution is 0.0727. The molecule has 0 spiro atoms. The number of thioether (sulfide) groups is 1. The molecule has 0 radical (unpaired) electrons. The molecule has 26 heavy (non-hydrogen) atoms. The van der Waals surface area contributed by atoms with E-state index in [1.54, 1.807) is 0 Å². The predicted octanol–water partition coefficient (Wildman–Crippen LogP) is 4.35. The van der Waals surface area contributed by atoms with Gasteiger partial charge < -0.3 is 9.30 Å². The Kier molecular flexibility index (Phi) is 4.72. The molecule has 0 atom stereocenters. The van der Waals surface area contributed by atoms with E-state index >= 15 is 0 Å². The van der Waals surface area contributed by atoms with Gasteiger partial charge in [-0.15, -0.1) is 11.8 Å². The zero-order chi connectivity index (χ0) is 18.1. The second-order valence-electron chi connectivity index (χ2n) is 6.99. The van der Waals surface area contributed by atoms with E-state index in [9.17, 15) is 4.79 Å². The van der Waals surface area contributed by atoms with Gasteiger partial charge in [-0.1, -0.05) is 17.7 Å². The number of imidazole rings is 1. The van der Waals surface area contributed by atoms with Gasteiger partial charge in [0.15, 0.2) is 0 Å². The first kappa shape index (κ1) is 17.2. The third-order valence-electron chi connectivity index (χ3n) is 4.87. The number of fused-ring (bicyclic) bond motifs is 1. The van der Waals surface area contributed by atoms with Gasteiger partial charge in [0.25, 0.3) is 5.91 Å². The van der Waals surface area contributed by atoms with Crippen LogP contribution in [0.2, 0.25) is 0 Å². The van der Waals surface area contributed by atoms with E-state index in [4.69, 9.17) is 0 Å². The van der Waals surface area contributed by atoms with Crippen LogP contribution in [0.3, 0.4) is 0 Å². The number of benzene rings is 1. The van der Waals surface area contributed by atoms with Crippen molar-refractivity contribution in [2.45, 2.75) is 36.8 Å². The molecule has 0 N–H and O–H groups in total. The molecule has 0 aliphatic carbocycles. The number of carbonyl (C=O) groups is 1. The van der Waals surface area contributed by atoms with Crippen molar-refractivity contribution in [2.75, 3.05) is 13.1 Å². The maximum atomic E-state index is 12.8. The summed E-state index contributed by atoms with van der Waals surface area (Å²) in [4.78, 5) is 20.6. The molecule has 4 nitrogen and oxygen atoms in total. The first-order valence-corrected chi connectivity index (χ1v) is 9.94. The van der Waals surface area contributed by atoms with Crippen molar-refractivity contribution in [2.24, 2.45) is 0 Å². The predicted molar refractivity (Wildman–Crippen MR) is 106 cm³/mol. The molecule has 0 unspecified atom stereocenters. The fourth-order valence-corrected chi connectivity index (χ4v) is 4.54. The van der Waals surface area contributed by atoms with Crippen LogP contribution in [0.25, 0.3) is 5.65 Å². The van der Waals surface area contributed by atoms with Crippen molar-refractivity contribution in [1.29, 1.82) is 0 Å². The Balaban J connectivity index is 1.38. The van der Waals surface area contributed by atoms with Gasteiger partial charge >= 0.3 is 0 Å². The Morgan fingerprint density at radius 2 is 1.77 bits per heavy atom. The van der Waals surface area contributed by atoms with Gasteiger partial charge in [-0.3, -0.25) is 4.79 Å². The second kappa shape index (κ2) is 7.16. The molecule has 1 aliphatic rings. The van der Waals surface area contributed by atoms with Gasteiger partial charge in [0.05, 0.1) is 11.3 Å². The van der Waals surface area contributed by atoms with E-state index in [1.165, 1.54) is 10.5 Å². The van der Waals surface area contributed by atoms with Crippen molar-refractivity contribution < 1.29 is 4.79 Å². The molecule has 1 aliphatic heterocycles. The third-order valence-corrected chi connectivity index (χ3v) is 6.22. The minimum atomic E-state index is 0.122. The van der Waals surface area contributed by atoms with Crippen molar-refractivity contribution >= 4 is 23.3 Å². The van der Waals surface area contributed by atoms with Crippen molar-refractivity contribution in [3.05, 3.63) is 65.6 Å². The molecule has 4 rings (SSSR count). The highest BCUT2D eigenvalue weighted by molar-refractivity contribution is 8.00. The fraction of sp³-hybridized carbons (Fsp3) is 0.333. The molecule has 1 amide bonds. The standard InChI is InChI=1S/C21H23N3OS/c1-15-3-6-18(7-4-15)26-19-9-11-23(12-10-19)21(25)17-5-8-20-22-16(2)13-24(20)14-17/h3-8,13-14,19H,9-12H2,1-2H3. The van der Waals surface area contributed by atoms with Gasteiger partial charge in [0.1, 0.15) is 5.65 Å². The van der Waals surface area contributed by atoms with Crippen LogP contribution >= 0.6 is 11.8 Å². The van der Waals surface area contributed by atoms with E-state index in [1.807, 2.05) is 52.5 Å². The Hall–Kier alpha value is -2.27. The van der Waals surface area contributed by atoms with Gasteiger partial charge in [0, 0.05) is 35.6 Å². The molecule has 0 bridgehead atoms. The number of hydrogen-bond acceptors (Lipinski definition) is 3. The normalized spacial score (nSPS) is 15.5. The Bertz CT molecular complexity index is 924. The first-order valence-electron chi connectivity index (χ1n) is 9.06. The molecule has 1 saturated heterocycles. The van der Waals surface area contributed by atoms with Crippen LogP contribution in [0.5, 0.6) is 0 Å². The minimum absolute atomic E-state index is 0.122. The zero-order valence-corrected chi connectivity index (χ0v) is 16.0. The summed E-state index contributed by atoms with van der Waals surface area (Å²) in [6, 6.07) is 12.5. The maximum absolute atomic E-state index is 12.8. The SMILES string of the molecule is Cc1ccc(SC2CCN(C(=O)c3ccc4nc(C)cn4c3)CC2)cc1. The topological polar surface area (TPSA) is 37.6 Å². The Morgan fingerprint density at radius 3 is 2.50 bits per heavy atom. The monoisotopic (exact) mass is 365 g/mol. The number of hydrogen-bond donors (Lipinski definition) is 0. The number of piperidine rings is 1. The molecule has 0 saturated carbocycles. The summed E-state index contributed by atoms with van der Waals surface area (Å²) in [5.41, 5.74) is 3.87. The summed E-state index contributed by atoms with van der Waals surface area (Å²) in [7, 11) is 0. The van der Waals surface area contributed by atoms with Crippen molar-refractivity contribution in [1.82, 2.24) is 14.3 Å². The quantitative estimate of drug-likeness (QED) is 0.693. The van der Waals surface area contributed by atoms with Crippen LogP contribution in [0.1, 0.15) is 34.5 Å². The summed E-state index contributed by atoms with van der Waals surface area (Å²) in [5, 5.41) is 0.584. The summed E-state index contributed by atoms with van der Waals surface area (Å²) >= 11 is 1.94. The summed E-state index contributed by atoms with van der Waals surface area (Å²) in [6.07, 6.45) is 5.93. The van der Waals surface area contributed by atoms with Crippen LogP contribution in [0, 0.1) is 13.8 Å². The molecular weight excluding hydrogens is 342 g/mol. The van der Waals surface area contributed by atoms with E-state index in [-0.39, 0.29) is 5.91 Å².